The van der Waals surface area contributed by atoms with Gasteiger partial charge in [-0.15, -0.1) is 0 Å². The molecule has 1 amide bonds. The Morgan fingerprint density at radius 2 is 2.04 bits per heavy atom. The van der Waals surface area contributed by atoms with Crippen molar-refractivity contribution in [3.63, 3.8) is 0 Å². The van der Waals surface area contributed by atoms with Crippen molar-refractivity contribution in [3.8, 4) is 5.75 Å². The number of hydrogen-bond acceptors (Lipinski definition) is 5. The van der Waals surface area contributed by atoms with Crippen LogP contribution in [0.5, 0.6) is 5.75 Å². The molecule has 0 radical (unpaired) electrons. The van der Waals surface area contributed by atoms with Crippen molar-refractivity contribution in [2.75, 3.05) is 46.5 Å². The van der Waals surface area contributed by atoms with Crippen molar-refractivity contribution in [1.29, 1.82) is 0 Å². The van der Waals surface area contributed by atoms with Crippen LogP contribution in [-0.4, -0.2) is 70.0 Å². The summed E-state index contributed by atoms with van der Waals surface area (Å²) in [5.41, 5.74) is 0. The Kier molecular flexibility index (Phi) is 6.95. The van der Waals surface area contributed by atoms with Crippen LogP contribution in [0.1, 0.15) is 26.2 Å². The molecule has 1 aromatic rings. The molecule has 2 unspecified atom stereocenters. The largest absolute Gasteiger partial charge is 0.497 e. The number of methoxy groups -OCH3 is 1. The summed E-state index contributed by atoms with van der Waals surface area (Å²) in [5, 5.41) is 0. The van der Waals surface area contributed by atoms with Crippen molar-refractivity contribution in [3.05, 3.63) is 24.3 Å². The molecule has 0 aliphatic carbocycles. The number of carbonyl (C=O) groups excluding carboxylic acids is 1. The topological polar surface area (TPSA) is 76.2 Å². The maximum atomic E-state index is 13.1. The lowest BCUT2D eigenvalue weighted by Crippen LogP contribution is -2.47. The summed E-state index contributed by atoms with van der Waals surface area (Å²) in [7, 11) is -2.08. The van der Waals surface area contributed by atoms with Crippen molar-refractivity contribution in [1.82, 2.24) is 9.21 Å². The third-order valence-electron chi connectivity index (χ3n) is 5.63. The first-order chi connectivity index (χ1) is 13.5. The molecule has 2 fully saturated rings. The third kappa shape index (κ3) is 4.67. The predicted molar refractivity (Wildman–Crippen MR) is 106 cm³/mol. The van der Waals surface area contributed by atoms with Crippen LogP contribution in [0.4, 0.5) is 0 Å². The van der Waals surface area contributed by atoms with Gasteiger partial charge in [-0.25, -0.2) is 8.42 Å². The first-order valence-corrected chi connectivity index (χ1v) is 11.4. The van der Waals surface area contributed by atoms with Gasteiger partial charge in [-0.3, -0.25) is 4.79 Å². The number of carbonyl (C=O) groups is 1. The van der Waals surface area contributed by atoms with Crippen LogP contribution in [0.3, 0.4) is 0 Å². The van der Waals surface area contributed by atoms with E-state index in [1.165, 1.54) is 4.31 Å². The van der Waals surface area contributed by atoms with Crippen LogP contribution in [-0.2, 0) is 19.6 Å². The normalized spacial score (nSPS) is 23.5. The molecule has 1 aromatic carbocycles. The zero-order chi connectivity index (χ0) is 20.1. The van der Waals surface area contributed by atoms with Gasteiger partial charge in [-0.2, -0.15) is 4.31 Å². The molecule has 0 N–H and O–H groups in total. The molecule has 7 nitrogen and oxygen atoms in total. The molecule has 0 saturated carbocycles. The highest BCUT2D eigenvalue weighted by molar-refractivity contribution is 7.89. The van der Waals surface area contributed by atoms with Crippen LogP contribution < -0.4 is 4.74 Å². The maximum absolute atomic E-state index is 13.1. The first kappa shape index (κ1) is 21.1. The summed E-state index contributed by atoms with van der Waals surface area (Å²) in [6, 6.07) is 6.39. The van der Waals surface area contributed by atoms with Gasteiger partial charge in [0.15, 0.2) is 0 Å². The minimum absolute atomic E-state index is 0.0593. The molecule has 2 heterocycles. The lowest BCUT2D eigenvalue weighted by molar-refractivity contribution is -0.137. The molecule has 3 rings (SSSR count). The SMILES string of the molecule is CCN(CC1CCOC1)C(=O)C1CCCN(S(=O)(=O)c2ccc(OC)cc2)C1. The quantitative estimate of drug-likeness (QED) is 0.687. The van der Waals surface area contributed by atoms with Gasteiger partial charge in [0.25, 0.3) is 0 Å². The highest BCUT2D eigenvalue weighted by Crippen LogP contribution is 2.26. The van der Waals surface area contributed by atoms with Crippen LogP contribution in [0.25, 0.3) is 0 Å². The number of benzene rings is 1. The molecule has 2 aliphatic heterocycles. The van der Waals surface area contributed by atoms with E-state index in [4.69, 9.17) is 9.47 Å². The monoisotopic (exact) mass is 410 g/mol. The molecular formula is C20H30N2O5S. The van der Waals surface area contributed by atoms with E-state index in [0.717, 1.165) is 19.4 Å². The molecule has 8 heteroatoms. The third-order valence-corrected chi connectivity index (χ3v) is 7.51. The number of piperidine rings is 1. The first-order valence-electron chi connectivity index (χ1n) is 9.96. The van der Waals surface area contributed by atoms with Crippen LogP contribution >= 0.6 is 0 Å². The van der Waals surface area contributed by atoms with Gasteiger partial charge < -0.3 is 14.4 Å². The fourth-order valence-electron chi connectivity index (χ4n) is 3.93. The minimum atomic E-state index is -3.62. The molecular weight excluding hydrogens is 380 g/mol. The lowest BCUT2D eigenvalue weighted by atomic mass is 9.97. The Balaban J connectivity index is 1.68. The summed E-state index contributed by atoms with van der Waals surface area (Å²) in [5.74, 6) is 0.764. The van der Waals surface area contributed by atoms with Gasteiger partial charge in [-0.05, 0) is 50.5 Å². The Labute approximate surface area is 167 Å². The van der Waals surface area contributed by atoms with E-state index in [1.54, 1.807) is 31.4 Å². The van der Waals surface area contributed by atoms with E-state index < -0.39 is 10.0 Å². The summed E-state index contributed by atoms with van der Waals surface area (Å²) < 4.78 is 38.0. The molecule has 2 atom stereocenters. The second-order valence-electron chi connectivity index (χ2n) is 7.48. The molecule has 0 bridgehead atoms. The van der Waals surface area contributed by atoms with Crippen molar-refractivity contribution in [2.45, 2.75) is 31.1 Å². The molecule has 156 valence electrons. The van der Waals surface area contributed by atoms with Crippen molar-refractivity contribution in [2.24, 2.45) is 11.8 Å². The Hall–Kier alpha value is -1.64. The van der Waals surface area contributed by atoms with Gasteiger partial charge >= 0.3 is 0 Å². The molecule has 2 saturated heterocycles. The number of nitrogens with zero attached hydrogens (tertiary/aromatic N) is 2. The van der Waals surface area contributed by atoms with Gasteiger partial charge in [0.1, 0.15) is 5.75 Å². The minimum Gasteiger partial charge on any atom is -0.497 e. The maximum Gasteiger partial charge on any atom is 0.243 e. The Morgan fingerprint density at radius 3 is 2.64 bits per heavy atom. The number of sulfonamides is 1. The van der Waals surface area contributed by atoms with Crippen molar-refractivity contribution < 1.29 is 22.7 Å². The van der Waals surface area contributed by atoms with Crippen molar-refractivity contribution >= 4 is 15.9 Å². The number of amides is 1. The fraction of sp³-hybridized carbons (Fsp3) is 0.650. The summed E-state index contributed by atoms with van der Waals surface area (Å²) in [4.78, 5) is 15.2. The van der Waals surface area contributed by atoms with E-state index in [1.807, 2.05) is 11.8 Å². The summed E-state index contributed by atoms with van der Waals surface area (Å²) in [6.07, 6.45) is 2.40. The van der Waals surface area contributed by atoms with E-state index in [0.29, 0.717) is 44.3 Å². The lowest BCUT2D eigenvalue weighted by Gasteiger charge is -2.34. The Bertz CT molecular complexity index is 759. The van der Waals surface area contributed by atoms with E-state index in [9.17, 15) is 13.2 Å². The zero-order valence-electron chi connectivity index (χ0n) is 16.7. The number of hydrogen-bond donors (Lipinski definition) is 0. The highest BCUT2D eigenvalue weighted by atomic mass is 32.2. The van der Waals surface area contributed by atoms with E-state index >= 15 is 0 Å². The Morgan fingerprint density at radius 1 is 1.29 bits per heavy atom. The second-order valence-corrected chi connectivity index (χ2v) is 9.42. The zero-order valence-corrected chi connectivity index (χ0v) is 17.5. The predicted octanol–water partition coefficient (Wildman–Crippen LogP) is 1.98. The standard InChI is InChI=1S/C20H30N2O5S/c1-3-21(13-16-10-12-27-15-16)20(23)17-5-4-11-22(14-17)28(24,25)19-8-6-18(26-2)7-9-19/h6-9,16-17H,3-5,10-15H2,1-2H3. The van der Waals surface area contributed by atoms with E-state index in [-0.39, 0.29) is 23.3 Å². The van der Waals surface area contributed by atoms with E-state index in [2.05, 4.69) is 0 Å². The van der Waals surface area contributed by atoms with Gasteiger partial charge in [-0.1, -0.05) is 0 Å². The second kappa shape index (κ2) is 9.24. The van der Waals surface area contributed by atoms with Crippen LogP contribution in [0.15, 0.2) is 29.2 Å². The summed E-state index contributed by atoms with van der Waals surface area (Å²) >= 11 is 0. The number of rotatable bonds is 7. The highest BCUT2D eigenvalue weighted by Gasteiger charge is 2.35. The smallest absolute Gasteiger partial charge is 0.243 e. The van der Waals surface area contributed by atoms with Gasteiger partial charge in [0.05, 0.1) is 24.5 Å². The van der Waals surface area contributed by atoms with Crippen LogP contribution in [0, 0.1) is 11.8 Å². The average Bonchev–Trinajstić information content (AvgIpc) is 3.25. The molecule has 0 spiro atoms. The van der Waals surface area contributed by atoms with Crippen LogP contribution in [0.2, 0.25) is 0 Å². The van der Waals surface area contributed by atoms with Gasteiger partial charge in [0.2, 0.25) is 15.9 Å². The average molecular weight is 411 g/mol. The van der Waals surface area contributed by atoms with Gasteiger partial charge in [0, 0.05) is 38.7 Å². The molecule has 2 aliphatic rings. The summed E-state index contributed by atoms with van der Waals surface area (Å²) in [6.45, 7) is 5.45. The fourth-order valence-corrected chi connectivity index (χ4v) is 5.45. The molecule has 28 heavy (non-hydrogen) atoms. The molecule has 0 aromatic heterocycles. The number of ether oxygens (including phenoxy) is 2.